The molecule has 0 saturated carbocycles. The lowest BCUT2D eigenvalue weighted by molar-refractivity contribution is 0.755. The predicted molar refractivity (Wildman–Crippen MR) is 141 cm³/mol. The summed E-state index contributed by atoms with van der Waals surface area (Å²) in [5.41, 5.74) is 8.16. The summed E-state index contributed by atoms with van der Waals surface area (Å²) in [5, 5.41) is 21.8. The Morgan fingerprint density at radius 2 is 2.03 bits per heavy atom. The van der Waals surface area contributed by atoms with Crippen molar-refractivity contribution >= 4 is 47.1 Å². The quantitative estimate of drug-likeness (QED) is 0.159. The first-order valence-corrected chi connectivity index (χ1v) is 11.2. The van der Waals surface area contributed by atoms with Crippen molar-refractivity contribution in [3.05, 3.63) is 57.7 Å². The highest BCUT2D eigenvalue weighted by molar-refractivity contribution is 14.0. The van der Waals surface area contributed by atoms with Gasteiger partial charge in [0.25, 0.3) is 0 Å². The SMILES string of the molecule is CCNC(=NCCCc1nn(-c2ccccc2)c(N)c1C#N)NCCc1ncc(C)s1.I. The molecule has 0 bridgehead atoms. The third-order valence-corrected chi connectivity index (χ3v) is 5.57. The van der Waals surface area contributed by atoms with Crippen molar-refractivity contribution in [1.29, 1.82) is 5.26 Å². The monoisotopic (exact) mass is 564 g/mol. The molecule has 0 radical (unpaired) electrons. The van der Waals surface area contributed by atoms with E-state index in [1.54, 1.807) is 16.0 Å². The van der Waals surface area contributed by atoms with Gasteiger partial charge in [-0.1, -0.05) is 18.2 Å². The van der Waals surface area contributed by atoms with Gasteiger partial charge < -0.3 is 16.4 Å². The Kier molecular flexibility index (Phi) is 10.4. The van der Waals surface area contributed by atoms with Crippen molar-refractivity contribution in [3.8, 4) is 11.8 Å². The first kappa shape index (κ1) is 25.6. The van der Waals surface area contributed by atoms with E-state index in [0.29, 0.717) is 30.0 Å². The van der Waals surface area contributed by atoms with E-state index in [-0.39, 0.29) is 24.0 Å². The van der Waals surface area contributed by atoms with Gasteiger partial charge in [-0.25, -0.2) is 9.67 Å². The number of guanidine groups is 1. The smallest absolute Gasteiger partial charge is 0.191 e. The number of nitriles is 1. The molecule has 10 heteroatoms. The van der Waals surface area contributed by atoms with Crippen LogP contribution in [-0.4, -0.2) is 40.4 Å². The van der Waals surface area contributed by atoms with Crippen molar-refractivity contribution in [1.82, 2.24) is 25.4 Å². The number of nitrogens with two attached hydrogens (primary N) is 1. The molecule has 0 aliphatic carbocycles. The average molecular weight is 565 g/mol. The average Bonchev–Trinajstić information content (AvgIpc) is 3.34. The van der Waals surface area contributed by atoms with Crippen LogP contribution < -0.4 is 16.4 Å². The van der Waals surface area contributed by atoms with E-state index in [9.17, 15) is 5.26 Å². The van der Waals surface area contributed by atoms with Crippen LogP contribution in [0.3, 0.4) is 0 Å². The second kappa shape index (κ2) is 13.0. The zero-order valence-corrected chi connectivity index (χ0v) is 21.5. The van der Waals surface area contributed by atoms with E-state index in [2.05, 4.69) is 38.7 Å². The Morgan fingerprint density at radius 1 is 1.25 bits per heavy atom. The normalized spacial score (nSPS) is 11.0. The molecule has 2 aromatic heterocycles. The number of aryl methyl sites for hydroxylation is 2. The van der Waals surface area contributed by atoms with Gasteiger partial charge >= 0.3 is 0 Å². The van der Waals surface area contributed by atoms with E-state index in [0.717, 1.165) is 42.6 Å². The first-order valence-electron chi connectivity index (χ1n) is 10.4. The topological polar surface area (TPSA) is 117 Å². The highest BCUT2D eigenvalue weighted by Crippen LogP contribution is 2.21. The number of thiazole rings is 1. The molecule has 3 rings (SSSR count). The summed E-state index contributed by atoms with van der Waals surface area (Å²) in [4.78, 5) is 10.2. The Bertz CT molecular complexity index is 1050. The lowest BCUT2D eigenvalue weighted by atomic mass is 10.1. The molecule has 32 heavy (non-hydrogen) atoms. The molecule has 3 aromatic rings. The summed E-state index contributed by atoms with van der Waals surface area (Å²) in [6, 6.07) is 11.8. The predicted octanol–water partition coefficient (Wildman–Crippen LogP) is 3.44. The standard InChI is InChI=1S/C22H28N8S.HI/c1-3-25-22(27-13-11-20-28-15-16(2)31-20)26-12-7-10-19-18(14-23)21(24)30(29-19)17-8-5-4-6-9-17;/h4-6,8-9,15H,3,7,10-13,24H2,1-2H3,(H2,25,26,27);1H. The van der Waals surface area contributed by atoms with Crippen molar-refractivity contribution in [3.63, 3.8) is 0 Å². The van der Waals surface area contributed by atoms with Gasteiger partial charge in [-0.15, -0.1) is 35.3 Å². The van der Waals surface area contributed by atoms with Crippen LogP contribution in [0.1, 0.15) is 34.5 Å². The fourth-order valence-corrected chi connectivity index (χ4v) is 3.91. The zero-order chi connectivity index (χ0) is 22.1. The Hall–Kier alpha value is -2.65. The van der Waals surface area contributed by atoms with Crippen molar-refractivity contribution < 1.29 is 0 Å². The molecule has 0 fully saturated rings. The van der Waals surface area contributed by atoms with Crippen LogP contribution in [0, 0.1) is 18.3 Å². The molecule has 0 amide bonds. The zero-order valence-electron chi connectivity index (χ0n) is 18.3. The summed E-state index contributed by atoms with van der Waals surface area (Å²) in [6.45, 7) is 6.29. The molecular weight excluding hydrogens is 535 g/mol. The number of anilines is 1. The number of aliphatic imine (C=N–C) groups is 1. The molecule has 0 spiro atoms. The van der Waals surface area contributed by atoms with Crippen LogP contribution in [0.25, 0.3) is 5.69 Å². The van der Waals surface area contributed by atoms with Gasteiger partial charge in [0.2, 0.25) is 0 Å². The number of benzene rings is 1. The number of nitrogens with zero attached hydrogens (tertiary/aromatic N) is 5. The maximum Gasteiger partial charge on any atom is 0.191 e. The third-order valence-electron chi connectivity index (χ3n) is 4.59. The number of aromatic nitrogens is 3. The minimum atomic E-state index is 0. The molecule has 170 valence electrons. The fourth-order valence-electron chi connectivity index (χ4n) is 3.13. The molecule has 0 saturated heterocycles. The molecule has 0 aliphatic rings. The van der Waals surface area contributed by atoms with Gasteiger partial charge in [-0.05, 0) is 38.8 Å². The van der Waals surface area contributed by atoms with Gasteiger partial charge in [0.15, 0.2) is 5.96 Å². The number of rotatable bonds is 9. The molecular formula is C22H29IN8S. The Balaban J connectivity index is 0.00000363. The van der Waals surface area contributed by atoms with Gasteiger partial charge in [0.05, 0.1) is 16.4 Å². The highest BCUT2D eigenvalue weighted by Gasteiger charge is 2.16. The fraction of sp³-hybridized carbons (Fsp3) is 0.364. The number of hydrogen-bond acceptors (Lipinski definition) is 6. The van der Waals surface area contributed by atoms with Crippen molar-refractivity contribution in [2.75, 3.05) is 25.4 Å². The molecule has 2 heterocycles. The number of nitrogens with one attached hydrogen (secondary N) is 2. The van der Waals surface area contributed by atoms with Gasteiger partial charge in [0, 0.05) is 37.1 Å². The lowest BCUT2D eigenvalue weighted by Crippen LogP contribution is -2.38. The largest absolute Gasteiger partial charge is 0.382 e. The van der Waals surface area contributed by atoms with Gasteiger partial charge in [-0.2, -0.15) is 10.4 Å². The molecule has 8 nitrogen and oxygen atoms in total. The van der Waals surface area contributed by atoms with Crippen LogP contribution in [0.2, 0.25) is 0 Å². The maximum atomic E-state index is 9.53. The first-order chi connectivity index (χ1) is 15.1. The van der Waals surface area contributed by atoms with Gasteiger partial charge in [0.1, 0.15) is 17.5 Å². The van der Waals surface area contributed by atoms with Crippen LogP contribution in [-0.2, 0) is 12.8 Å². The van der Waals surface area contributed by atoms with E-state index < -0.39 is 0 Å². The minimum Gasteiger partial charge on any atom is -0.382 e. The summed E-state index contributed by atoms with van der Waals surface area (Å²) < 4.78 is 1.63. The number of halogens is 1. The molecule has 4 N–H and O–H groups in total. The summed E-state index contributed by atoms with van der Waals surface area (Å²) in [7, 11) is 0. The van der Waals surface area contributed by atoms with E-state index in [4.69, 9.17) is 5.73 Å². The van der Waals surface area contributed by atoms with E-state index in [1.807, 2.05) is 43.5 Å². The van der Waals surface area contributed by atoms with Gasteiger partial charge in [-0.3, -0.25) is 4.99 Å². The summed E-state index contributed by atoms with van der Waals surface area (Å²) in [6.07, 6.45) is 4.17. The minimum absolute atomic E-state index is 0. The van der Waals surface area contributed by atoms with E-state index >= 15 is 0 Å². The van der Waals surface area contributed by atoms with Crippen molar-refractivity contribution in [2.45, 2.75) is 33.1 Å². The number of para-hydroxylation sites is 1. The highest BCUT2D eigenvalue weighted by atomic mass is 127. The molecule has 0 aliphatic heterocycles. The van der Waals surface area contributed by atoms with Crippen LogP contribution in [0.5, 0.6) is 0 Å². The number of hydrogen-bond donors (Lipinski definition) is 3. The lowest BCUT2D eigenvalue weighted by Gasteiger charge is -2.10. The second-order valence-electron chi connectivity index (χ2n) is 6.97. The maximum absolute atomic E-state index is 9.53. The van der Waals surface area contributed by atoms with E-state index in [1.165, 1.54) is 4.88 Å². The van der Waals surface area contributed by atoms with Crippen LogP contribution in [0.4, 0.5) is 5.82 Å². The summed E-state index contributed by atoms with van der Waals surface area (Å²) in [5.74, 6) is 1.16. The third kappa shape index (κ3) is 6.93. The van der Waals surface area contributed by atoms with Crippen LogP contribution >= 0.6 is 35.3 Å². The van der Waals surface area contributed by atoms with Crippen LogP contribution in [0.15, 0.2) is 41.5 Å². The van der Waals surface area contributed by atoms with Crippen molar-refractivity contribution in [2.24, 2.45) is 4.99 Å². The number of nitrogen functional groups attached to an aromatic ring is 1. The molecule has 0 unspecified atom stereocenters. The second-order valence-corrected chi connectivity index (χ2v) is 8.29. The summed E-state index contributed by atoms with van der Waals surface area (Å²) >= 11 is 1.72. The molecule has 1 aromatic carbocycles. The Labute approximate surface area is 210 Å². The molecule has 0 atom stereocenters. The Morgan fingerprint density at radius 3 is 2.69 bits per heavy atom.